The van der Waals surface area contributed by atoms with Crippen LogP contribution in [-0.2, 0) is 9.84 Å². The molecule has 3 aromatic rings. The highest BCUT2D eigenvalue weighted by Crippen LogP contribution is 2.23. The van der Waals surface area contributed by atoms with Crippen molar-refractivity contribution in [2.75, 3.05) is 11.6 Å². The molecule has 0 spiro atoms. The van der Waals surface area contributed by atoms with Crippen LogP contribution in [0.25, 0.3) is 11.0 Å². The van der Waals surface area contributed by atoms with Crippen LogP contribution in [0.4, 0.5) is 5.95 Å². The van der Waals surface area contributed by atoms with E-state index in [4.69, 9.17) is 11.6 Å². The molecular weight excluding hydrogens is 338 g/mol. The summed E-state index contributed by atoms with van der Waals surface area (Å²) in [6.45, 7) is 0. The zero-order chi connectivity index (χ0) is 16.6. The lowest BCUT2D eigenvalue weighted by Crippen LogP contribution is -2.13. The van der Waals surface area contributed by atoms with Gasteiger partial charge in [0.05, 0.1) is 21.0 Å². The average molecular weight is 350 g/mol. The van der Waals surface area contributed by atoms with Gasteiger partial charge in [0.2, 0.25) is 5.95 Å². The molecule has 2 aromatic carbocycles. The van der Waals surface area contributed by atoms with Crippen molar-refractivity contribution in [2.45, 2.75) is 4.90 Å². The molecule has 23 heavy (non-hydrogen) atoms. The molecule has 6 nitrogen and oxygen atoms in total. The lowest BCUT2D eigenvalue weighted by molar-refractivity contribution is 0.102. The summed E-state index contributed by atoms with van der Waals surface area (Å²) in [5.41, 5.74) is 1.68. The van der Waals surface area contributed by atoms with E-state index in [1.807, 2.05) is 24.3 Å². The van der Waals surface area contributed by atoms with Gasteiger partial charge in [-0.3, -0.25) is 10.1 Å². The number of imidazole rings is 1. The maximum absolute atomic E-state index is 12.3. The van der Waals surface area contributed by atoms with E-state index in [0.29, 0.717) is 0 Å². The maximum atomic E-state index is 12.3. The minimum atomic E-state index is -3.52. The van der Waals surface area contributed by atoms with Crippen molar-refractivity contribution < 1.29 is 13.2 Å². The highest BCUT2D eigenvalue weighted by Gasteiger charge is 2.16. The molecule has 0 unspecified atom stereocenters. The van der Waals surface area contributed by atoms with Gasteiger partial charge in [-0.25, -0.2) is 13.4 Å². The van der Waals surface area contributed by atoms with Gasteiger partial charge in [0.25, 0.3) is 5.91 Å². The van der Waals surface area contributed by atoms with Gasteiger partial charge in [-0.05, 0) is 30.3 Å². The first-order valence-electron chi connectivity index (χ1n) is 6.60. The van der Waals surface area contributed by atoms with Crippen molar-refractivity contribution in [3.05, 3.63) is 53.1 Å². The van der Waals surface area contributed by atoms with E-state index in [1.165, 1.54) is 18.2 Å². The number of carbonyl (C=O) groups excluding carboxylic acids is 1. The number of rotatable bonds is 3. The number of aromatic amines is 1. The molecule has 1 heterocycles. The largest absolute Gasteiger partial charge is 0.324 e. The Labute approximate surface area is 137 Å². The summed E-state index contributed by atoms with van der Waals surface area (Å²) < 4.78 is 23.3. The summed E-state index contributed by atoms with van der Waals surface area (Å²) in [7, 11) is -3.52. The molecular formula is C15H12ClN3O3S. The number of H-pyrrole nitrogens is 1. The van der Waals surface area contributed by atoms with Crippen LogP contribution >= 0.6 is 11.6 Å². The second-order valence-electron chi connectivity index (χ2n) is 4.97. The Hall–Kier alpha value is -2.38. The first kappa shape index (κ1) is 15.5. The predicted octanol–water partition coefficient (Wildman–Crippen LogP) is 2.87. The molecule has 0 aliphatic rings. The molecule has 0 radical (unpaired) electrons. The van der Waals surface area contributed by atoms with Crippen LogP contribution < -0.4 is 5.32 Å². The summed E-state index contributed by atoms with van der Waals surface area (Å²) in [5.74, 6) is -0.197. The van der Waals surface area contributed by atoms with Crippen molar-refractivity contribution >= 4 is 44.3 Å². The number of carbonyl (C=O) groups is 1. The Kier molecular flexibility index (Phi) is 3.83. The van der Waals surface area contributed by atoms with Crippen LogP contribution in [0.15, 0.2) is 47.4 Å². The number of amides is 1. The number of anilines is 1. The standard InChI is InChI=1S/C15H12ClN3O3S/c1-23(21,22)13-8-9(6-7-10(13)16)14(20)19-15-17-11-4-2-3-5-12(11)18-15/h2-8H,1H3,(H2,17,18,19,20). The number of halogens is 1. The molecule has 0 atom stereocenters. The van der Waals surface area contributed by atoms with E-state index < -0.39 is 15.7 Å². The number of aromatic nitrogens is 2. The minimum absolute atomic E-state index is 0.0767. The van der Waals surface area contributed by atoms with Gasteiger partial charge in [0, 0.05) is 11.8 Å². The summed E-state index contributed by atoms with van der Waals surface area (Å²) in [6.07, 6.45) is 1.04. The summed E-state index contributed by atoms with van der Waals surface area (Å²) in [5, 5.41) is 2.68. The highest BCUT2D eigenvalue weighted by atomic mass is 35.5. The van der Waals surface area contributed by atoms with Crippen LogP contribution in [0, 0.1) is 0 Å². The molecule has 0 fully saturated rings. The molecule has 2 N–H and O–H groups in total. The third kappa shape index (κ3) is 3.20. The predicted molar refractivity (Wildman–Crippen MR) is 88.6 cm³/mol. The number of hydrogen-bond acceptors (Lipinski definition) is 4. The normalized spacial score (nSPS) is 11.6. The Morgan fingerprint density at radius 3 is 2.65 bits per heavy atom. The van der Waals surface area contributed by atoms with E-state index in [9.17, 15) is 13.2 Å². The first-order chi connectivity index (χ1) is 10.8. The van der Waals surface area contributed by atoms with Crippen molar-refractivity contribution in [3.63, 3.8) is 0 Å². The second-order valence-corrected chi connectivity index (χ2v) is 7.37. The smallest absolute Gasteiger partial charge is 0.258 e. The molecule has 1 amide bonds. The fourth-order valence-electron chi connectivity index (χ4n) is 2.12. The number of fused-ring (bicyclic) bond motifs is 1. The Morgan fingerprint density at radius 1 is 1.22 bits per heavy atom. The lowest BCUT2D eigenvalue weighted by Gasteiger charge is -2.06. The minimum Gasteiger partial charge on any atom is -0.324 e. The highest BCUT2D eigenvalue weighted by molar-refractivity contribution is 7.90. The Balaban J connectivity index is 1.91. The molecule has 0 bridgehead atoms. The SMILES string of the molecule is CS(=O)(=O)c1cc(C(=O)Nc2nc3ccccc3[nH]2)ccc1Cl. The maximum Gasteiger partial charge on any atom is 0.258 e. The second kappa shape index (κ2) is 5.68. The van der Waals surface area contributed by atoms with E-state index >= 15 is 0 Å². The number of nitrogens with zero attached hydrogens (tertiary/aromatic N) is 1. The Morgan fingerprint density at radius 2 is 1.96 bits per heavy atom. The molecule has 118 valence electrons. The zero-order valence-electron chi connectivity index (χ0n) is 12.0. The number of sulfone groups is 1. The van der Waals surface area contributed by atoms with Crippen LogP contribution in [0.5, 0.6) is 0 Å². The van der Waals surface area contributed by atoms with E-state index in [0.717, 1.165) is 17.3 Å². The van der Waals surface area contributed by atoms with Gasteiger partial charge in [-0.15, -0.1) is 0 Å². The van der Waals surface area contributed by atoms with E-state index in [2.05, 4.69) is 15.3 Å². The summed E-state index contributed by atoms with van der Waals surface area (Å²) >= 11 is 5.87. The quantitative estimate of drug-likeness (QED) is 0.760. The van der Waals surface area contributed by atoms with Crippen LogP contribution in [-0.4, -0.2) is 30.5 Å². The van der Waals surface area contributed by atoms with E-state index in [1.54, 1.807) is 0 Å². The van der Waals surface area contributed by atoms with Gasteiger partial charge in [-0.1, -0.05) is 23.7 Å². The molecule has 8 heteroatoms. The molecule has 0 aliphatic heterocycles. The third-order valence-electron chi connectivity index (χ3n) is 3.21. The van der Waals surface area contributed by atoms with Crippen LogP contribution in [0.2, 0.25) is 5.02 Å². The number of benzene rings is 2. The van der Waals surface area contributed by atoms with Crippen molar-refractivity contribution in [1.29, 1.82) is 0 Å². The third-order valence-corrected chi connectivity index (χ3v) is 4.79. The summed E-state index contributed by atoms with van der Waals surface area (Å²) in [4.78, 5) is 19.4. The first-order valence-corrected chi connectivity index (χ1v) is 8.87. The fourth-order valence-corrected chi connectivity index (χ4v) is 3.42. The van der Waals surface area contributed by atoms with Crippen LogP contribution in [0.1, 0.15) is 10.4 Å². The van der Waals surface area contributed by atoms with Gasteiger partial charge in [0.1, 0.15) is 0 Å². The van der Waals surface area contributed by atoms with Gasteiger partial charge in [0.15, 0.2) is 9.84 Å². The fraction of sp³-hybridized carbons (Fsp3) is 0.0667. The number of para-hydroxylation sites is 2. The van der Waals surface area contributed by atoms with E-state index in [-0.39, 0.29) is 21.4 Å². The van der Waals surface area contributed by atoms with Crippen molar-refractivity contribution in [3.8, 4) is 0 Å². The lowest BCUT2D eigenvalue weighted by atomic mass is 10.2. The topological polar surface area (TPSA) is 91.9 Å². The molecule has 0 saturated heterocycles. The van der Waals surface area contributed by atoms with Gasteiger partial charge < -0.3 is 4.98 Å². The van der Waals surface area contributed by atoms with Crippen molar-refractivity contribution in [2.24, 2.45) is 0 Å². The zero-order valence-corrected chi connectivity index (χ0v) is 13.6. The monoisotopic (exact) mass is 349 g/mol. The molecule has 3 rings (SSSR count). The number of nitrogens with one attached hydrogen (secondary N) is 2. The van der Waals surface area contributed by atoms with Gasteiger partial charge in [-0.2, -0.15) is 0 Å². The number of hydrogen-bond donors (Lipinski definition) is 2. The summed E-state index contributed by atoms with van der Waals surface area (Å²) in [6, 6.07) is 11.4. The van der Waals surface area contributed by atoms with Gasteiger partial charge >= 0.3 is 0 Å². The average Bonchev–Trinajstić information content (AvgIpc) is 2.88. The molecule has 0 aliphatic carbocycles. The van der Waals surface area contributed by atoms with Crippen molar-refractivity contribution in [1.82, 2.24) is 9.97 Å². The molecule has 0 saturated carbocycles. The Bertz CT molecular complexity index is 979. The van der Waals surface area contributed by atoms with Crippen LogP contribution in [0.3, 0.4) is 0 Å². The molecule has 1 aromatic heterocycles.